The average molecular weight is 365 g/mol. The lowest BCUT2D eigenvalue weighted by molar-refractivity contribution is -0.137. The van der Waals surface area contributed by atoms with Crippen LogP contribution in [-0.2, 0) is 23.5 Å². The van der Waals surface area contributed by atoms with E-state index in [0.29, 0.717) is 34.9 Å². The molecular weight excluding hydrogens is 350 g/mol. The van der Waals surface area contributed by atoms with Gasteiger partial charge in [0.05, 0.1) is 5.75 Å². The molecule has 0 aliphatic heterocycles. The molecule has 0 amide bonds. The molecule has 0 aromatic carbocycles. The smallest absolute Gasteiger partial charge is 0.323 e. The van der Waals surface area contributed by atoms with Gasteiger partial charge in [0.15, 0.2) is 5.16 Å². The third-order valence-corrected chi connectivity index (χ3v) is 4.77. The summed E-state index contributed by atoms with van der Waals surface area (Å²) in [4.78, 5) is 15.4. The molecule has 0 unspecified atom stereocenters. The zero-order valence-electron chi connectivity index (χ0n) is 12.9. The van der Waals surface area contributed by atoms with Gasteiger partial charge >= 0.3 is 5.97 Å². The first-order chi connectivity index (χ1) is 11.7. The Morgan fingerprint density at radius 2 is 2.33 bits per heavy atom. The van der Waals surface area contributed by atoms with Crippen LogP contribution in [0.5, 0.6) is 0 Å². The van der Waals surface area contributed by atoms with Gasteiger partial charge in [-0.3, -0.25) is 9.36 Å². The lowest BCUT2D eigenvalue weighted by atomic mass is 10.3. The molecular formula is C14H15N5O3S2. The van der Waals surface area contributed by atoms with Crippen LogP contribution < -0.4 is 0 Å². The minimum absolute atomic E-state index is 0.158. The first-order valence-electron chi connectivity index (χ1n) is 7.29. The molecule has 0 spiro atoms. The van der Waals surface area contributed by atoms with Crippen LogP contribution in [0.15, 0.2) is 26.5 Å². The Labute approximate surface area is 145 Å². The summed E-state index contributed by atoms with van der Waals surface area (Å²) in [6.07, 6.45) is 1.56. The Morgan fingerprint density at radius 1 is 1.46 bits per heavy atom. The second-order valence-corrected chi connectivity index (χ2v) is 6.66. The van der Waals surface area contributed by atoms with Gasteiger partial charge in [0.1, 0.15) is 12.4 Å². The number of carbonyl (C=O) groups is 1. The fourth-order valence-corrected chi connectivity index (χ4v) is 3.51. The Balaban J connectivity index is 1.71. The molecule has 1 N–H and O–H groups in total. The molecule has 8 nitrogen and oxygen atoms in total. The van der Waals surface area contributed by atoms with E-state index in [-0.39, 0.29) is 6.54 Å². The van der Waals surface area contributed by atoms with Gasteiger partial charge < -0.3 is 9.63 Å². The minimum atomic E-state index is -0.925. The molecule has 24 heavy (non-hydrogen) atoms. The van der Waals surface area contributed by atoms with Crippen molar-refractivity contribution in [3.05, 3.63) is 28.5 Å². The average Bonchev–Trinajstić information content (AvgIpc) is 3.27. The number of aryl methyl sites for hydroxylation is 1. The summed E-state index contributed by atoms with van der Waals surface area (Å²) in [6, 6.07) is 1.92. The number of thiophene rings is 1. The number of carboxylic acids is 1. The van der Waals surface area contributed by atoms with Gasteiger partial charge in [-0.15, -0.1) is 10.2 Å². The third-order valence-electron chi connectivity index (χ3n) is 3.13. The van der Waals surface area contributed by atoms with E-state index in [9.17, 15) is 4.79 Å². The lowest BCUT2D eigenvalue weighted by Crippen LogP contribution is -2.13. The van der Waals surface area contributed by atoms with Gasteiger partial charge in [-0.25, -0.2) is 0 Å². The summed E-state index contributed by atoms with van der Waals surface area (Å²) < 4.78 is 6.85. The zero-order valence-corrected chi connectivity index (χ0v) is 14.5. The molecule has 0 saturated heterocycles. The van der Waals surface area contributed by atoms with Gasteiger partial charge in [0.25, 0.3) is 0 Å². The monoisotopic (exact) mass is 365 g/mol. The second-order valence-electron chi connectivity index (χ2n) is 4.94. The van der Waals surface area contributed by atoms with E-state index in [2.05, 4.69) is 20.3 Å². The van der Waals surface area contributed by atoms with Crippen molar-refractivity contribution in [2.24, 2.45) is 0 Å². The molecule has 0 fully saturated rings. The number of aromatic nitrogens is 5. The highest BCUT2D eigenvalue weighted by molar-refractivity contribution is 7.98. The highest BCUT2D eigenvalue weighted by Crippen LogP contribution is 2.24. The van der Waals surface area contributed by atoms with Crippen molar-refractivity contribution in [1.29, 1.82) is 0 Å². The number of hydrogen-bond acceptors (Lipinski definition) is 8. The van der Waals surface area contributed by atoms with Gasteiger partial charge in [0, 0.05) is 17.4 Å². The van der Waals surface area contributed by atoms with E-state index in [4.69, 9.17) is 9.63 Å². The predicted molar refractivity (Wildman–Crippen MR) is 88.8 cm³/mol. The molecule has 3 heterocycles. The SMILES string of the molecule is CCCc1nnc(SCc2nc(-c3ccsc3)no2)n1CC(=O)O. The zero-order chi connectivity index (χ0) is 16.9. The molecule has 0 aliphatic carbocycles. The maximum Gasteiger partial charge on any atom is 0.323 e. The third kappa shape index (κ3) is 3.82. The number of aliphatic carboxylic acids is 1. The molecule has 0 saturated carbocycles. The van der Waals surface area contributed by atoms with Crippen molar-refractivity contribution >= 4 is 29.1 Å². The fourth-order valence-electron chi connectivity index (χ4n) is 2.08. The molecule has 0 aliphatic rings. The van der Waals surface area contributed by atoms with Crippen molar-refractivity contribution in [1.82, 2.24) is 24.9 Å². The van der Waals surface area contributed by atoms with Gasteiger partial charge in [-0.2, -0.15) is 16.3 Å². The molecule has 0 atom stereocenters. The summed E-state index contributed by atoms with van der Waals surface area (Å²) in [5.74, 6) is 1.16. The number of hydrogen-bond donors (Lipinski definition) is 1. The number of thioether (sulfide) groups is 1. The normalized spacial score (nSPS) is 11.0. The van der Waals surface area contributed by atoms with Crippen LogP contribution in [0.25, 0.3) is 11.4 Å². The van der Waals surface area contributed by atoms with Crippen molar-refractivity contribution in [3.8, 4) is 11.4 Å². The summed E-state index contributed by atoms with van der Waals surface area (Å²) in [5.41, 5.74) is 0.916. The Bertz CT molecular complexity index is 812. The number of rotatable bonds is 8. The molecule has 10 heteroatoms. The first-order valence-corrected chi connectivity index (χ1v) is 9.22. The molecule has 3 aromatic heterocycles. The van der Waals surface area contributed by atoms with E-state index in [1.807, 2.05) is 23.8 Å². The van der Waals surface area contributed by atoms with E-state index >= 15 is 0 Å². The maximum absolute atomic E-state index is 11.1. The van der Waals surface area contributed by atoms with Crippen LogP contribution in [0.2, 0.25) is 0 Å². The molecule has 0 radical (unpaired) electrons. The minimum Gasteiger partial charge on any atom is -0.480 e. The van der Waals surface area contributed by atoms with Crippen molar-refractivity contribution < 1.29 is 14.4 Å². The summed E-state index contributed by atoms with van der Waals surface area (Å²) >= 11 is 2.90. The molecule has 3 rings (SSSR count). The van der Waals surface area contributed by atoms with Crippen LogP contribution in [0, 0.1) is 0 Å². The lowest BCUT2D eigenvalue weighted by Gasteiger charge is -2.05. The van der Waals surface area contributed by atoms with Crippen LogP contribution >= 0.6 is 23.1 Å². The maximum atomic E-state index is 11.1. The van der Waals surface area contributed by atoms with E-state index in [1.165, 1.54) is 11.8 Å². The summed E-state index contributed by atoms with van der Waals surface area (Å²) in [5, 5.41) is 25.6. The molecule has 126 valence electrons. The van der Waals surface area contributed by atoms with Crippen molar-refractivity contribution in [2.45, 2.75) is 37.2 Å². The fraction of sp³-hybridized carbons (Fsp3) is 0.357. The summed E-state index contributed by atoms with van der Waals surface area (Å²) in [6.45, 7) is 1.85. The van der Waals surface area contributed by atoms with Crippen LogP contribution in [0.1, 0.15) is 25.1 Å². The Kier molecular flexibility index (Phi) is 5.26. The highest BCUT2D eigenvalue weighted by atomic mass is 32.2. The molecule has 0 bridgehead atoms. The Hall–Kier alpha value is -2.20. The predicted octanol–water partition coefficient (Wildman–Crippen LogP) is 2.72. The van der Waals surface area contributed by atoms with E-state index in [0.717, 1.165) is 12.0 Å². The van der Waals surface area contributed by atoms with Crippen LogP contribution in [0.4, 0.5) is 0 Å². The van der Waals surface area contributed by atoms with Gasteiger partial charge in [0.2, 0.25) is 11.7 Å². The van der Waals surface area contributed by atoms with E-state index in [1.54, 1.807) is 15.9 Å². The quantitative estimate of drug-likeness (QED) is 0.607. The van der Waals surface area contributed by atoms with Crippen molar-refractivity contribution in [2.75, 3.05) is 0 Å². The van der Waals surface area contributed by atoms with Gasteiger partial charge in [-0.05, 0) is 17.9 Å². The highest BCUT2D eigenvalue weighted by Gasteiger charge is 2.16. The van der Waals surface area contributed by atoms with Crippen molar-refractivity contribution in [3.63, 3.8) is 0 Å². The Morgan fingerprint density at radius 3 is 3.04 bits per heavy atom. The number of nitrogens with zero attached hydrogens (tertiary/aromatic N) is 5. The van der Waals surface area contributed by atoms with Crippen LogP contribution in [0.3, 0.4) is 0 Å². The topological polar surface area (TPSA) is 107 Å². The first kappa shape index (κ1) is 16.7. The standard InChI is InChI=1S/C14H15N5O3S2/c1-2-3-10-16-17-14(19(10)6-12(20)21)24-8-11-15-13(18-22-11)9-4-5-23-7-9/h4-5,7H,2-3,6,8H2,1H3,(H,20,21). The second kappa shape index (κ2) is 7.58. The molecule has 3 aromatic rings. The van der Waals surface area contributed by atoms with Gasteiger partial charge in [-0.1, -0.05) is 23.8 Å². The number of carboxylic acid groups (broad SMARTS) is 1. The van der Waals surface area contributed by atoms with E-state index < -0.39 is 5.97 Å². The van der Waals surface area contributed by atoms with Crippen LogP contribution in [-0.4, -0.2) is 36.0 Å². The summed E-state index contributed by atoms with van der Waals surface area (Å²) in [7, 11) is 0. The largest absolute Gasteiger partial charge is 0.480 e.